The Balaban J connectivity index is 2.29. The first-order valence-electron chi connectivity index (χ1n) is 7.89. The molecule has 27 heavy (non-hydrogen) atoms. The summed E-state index contributed by atoms with van der Waals surface area (Å²) in [6, 6.07) is 7.28. The normalized spacial score (nSPS) is 10.8. The van der Waals surface area contributed by atoms with Gasteiger partial charge in [-0.25, -0.2) is 4.79 Å². The van der Waals surface area contributed by atoms with Gasteiger partial charge in [0, 0.05) is 24.2 Å². The average Bonchev–Trinajstić information content (AvgIpc) is 3.01. The van der Waals surface area contributed by atoms with Crippen LogP contribution < -0.4 is 10.2 Å². The summed E-state index contributed by atoms with van der Waals surface area (Å²) in [6.45, 7) is 3.81. The molecule has 1 N–H and O–H groups in total. The third-order valence-electron chi connectivity index (χ3n) is 3.81. The highest BCUT2D eigenvalue weighted by Gasteiger charge is 2.23. The summed E-state index contributed by atoms with van der Waals surface area (Å²) in [4.78, 5) is 24.3. The number of carbonyl (C=O) groups is 1. The molecule has 140 valence electrons. The van der Waals surface area contributed by atoms with Gasteiger partial charge in [0.15, 0.2) is 0 Å². The van der Waals surface area contributed by atoms with Crippen LogP contribution in [0.5, 0.6) is 11.8 Å². The minimum atomic E-state index is -1.35. The maximum Gasteiger partial charge on any atom is 0.341 e. The summed E-state index contributed by atoms with van der Waals surface area (Å²) in [5.41, 5.74) is -0.517. The number of hydrogen-bond donors (Lipinski definition) is 1. The van der Waals surface area contributed by atoms with Crippen LogP contribution in [0.4, 0.5) is 0 Å². The zero-order valence-corrected chi connectivity index (χ0v) is 15.8. The Morgan fingerprint density at radius 2 is 2.00 bits per heavy atom. The predicted octanol–water partition coefficient (Wildman–Crippen LogP) is 4.63. The van der Waals surface area contributed by atoms with Gasteiger partial charge < -0.3 is 18.9 Å². The van der Waals surface area contributed by atoms with E-state index in [0.717, 1.165) is 6.07 Å². The van der Waals surface area contributed by atoms with Crippen LogP contribution in [0.1, 0.15) is 23.0 Å². The van der Waals surface area contributed by atoms with Gasteiger partial charge in [0.25, 0.3) is 5.88 Å². The van der Waals surface area contributed by atoms with E-state index in [-0.39, 0.29) is 28.0 Å². The molecule has 0 saturated heterocycles. The van der Waals surface area contributed by atoms with Crippen molar-refractivity contribution in [2.75, 3.05) is 0 Å². The maximum atomic E-state index is 12.5. The third kappa shape index (κ3) is 3.70. The van der Waals surface area contributed by atoms with E-state index in [2.05, 4.69) is 5.16 Å². The summed E-state index contributed by atoms with van der Waals surface area (Å²) in [5, 5.41) is 13.9. The molecule has 2 heterocycles. The Bertz CT molecular complexity index is 1090. The Morgan fingerprint density at radius 1 is 1.26 bits per heavy atom. The van der Waals surface area contributed by atoms with Crippen molar-refractivity contribution in [2.45, 2.75) is 20.4 Å². The minimum Gasteiger partial charge on any atom is -0.477 e. The topological polar surface area (TPSA) is 94.6 Å². The zero-order chi connectivity index (χ0) is 19.7. The zero-order valence-electron chi connectivity index (χ0n) is 14.3. The molecule has 0 saturated carbocycles. The average molecular weight is 409 g/mol. The number of pyridine rings is 1. The van der Waals surface area contributed by atoms with E-state index < -0.39 is 11.4 Å². The largest absolute Gasteiger partial charge is 0.477 e. The minimum absolute atomic E-state index is 0.127. The quantitative estimate of drug-likeness (QED) is 0.661. The number of nitrogens with zero attached hydrogens (tertiary/aromatic N) is 2. The number of halogens is 2. The lowest BCUT2D eigenvalue weighted by Gasteiger charge is -2.19. The van der Waals surface area contributed by atoms with Crippen molar-refractivity contribution in [3.63, 3.8) is 0 Å². The fourth-order valence-electron chi connectivity index (χ4n) is 2.67. The second-order valence-electron chi connectivity index (χ2n) is 5.63. The van der Waals surface area contributed by atoms with Crippen LogP contribution in [-0.2, 0) is 6.54 Å². The van der Waals surface area contributed by atoms with Crippen molar-refractivity contribution < 1.29 is 19.2 Å². The van der Waals surface area contributed by atoms with Gasteiger partial charge in [-0.15, -0.1) is 0 Å². The Labute approximate surface area is 163 Å². The molecule has 0 bridgehead atoms. The second-order valence-corrected chi connectivity index (χ2v) is 6.44. The lowest BCUT2D eigenvalue weighted by atomic mass is 10.0. The van der Waals surface area contributed by atoms with Crippen LogP contribution >= 0.6 is 23.2 Å². The fourth-order valence-corrected chi connectivity index (χ4v) is 2.97. The first-order valence-corrected chi connectivity index (χ1v) is 8.65. The lowest BCUT2D eigenvalue weighted by molar-refractivity contribution is 0.0695. The number of aromatic nitrogens is 2. The summed E-state index contributed by atoms with van der Waals surface area (Å²) in [6.07, 6.45) is 0. The molecule has 0 fully saturated rings. The molecule has 0 spiro atoms. The highest BCUT2D eigenvalue weighted by atomic mass is 35.5. The Kier molecular flexibility index (Phi) is 5.25. The van der Waals surface area contributed by atoms with E-state index in [0.29, 0.717) is 22.9 Å². The molecule has 9 heteroatoms. The SMILES string of the molecule is CCn1c(Oc2cc(C)on2)cc(=O)c(C(=O)O)c1-c1ccc(Cl)c(Cl)c1. The lowest BCUT2D eigenvalue weighted by Crippen LogP contribution is -2.21. The summed E-state index contributed by atoms with van der Waals surface area (Å²) < 4.78 is 12.2. The van der Waals surface area contributed by atoms with Crippen LogP contribution in [-0.4, -0.2) is 20.8 Å². The van der Waals surface area contributed by atoms with E-state index >= 15 is 0 Å². The summed E-state index contributed by atoms with van der Waals surface area (Å²) in [5.74, 6) is -0.548. The molecule has 0 amide bonds. The van der Waals surface area contributed by atoms with Crippen LogP contribution in [0.15, 0.2) is 39.6 Å². The van der Waals surface area contributed by atoms with Crippen LogP contribution in [0.2, 0.25) is 10.0 Å². The van der Waals surface area contributed by atoms with Crippen molar-refractivity contribution in [3.05, 3.63) is 61.9 Å². The standard InChI is InChI=1S/C18H14Cl2N2O5/c1-3-22-15(26-14-6-9(2)27-21-14)8-13(23)16(18(24)25)17(22)10-4-5-11(19)12(20)7-10/h4-8H,3H2,1-2H3,(H,24,25). The van der Waals surface area contributed by atoms with E-state index in [1.54, 1.807) is 30.5 Å². The molecule has 2 aromatic heterocycles. The van der Waals surface area contributed by atoms with Gasteiger partial charge in [0.2, 0.25) is 11.3 Å². The van der Waals surface area contributed by atoms with Crippen molar-refractivity contribution in [2.24, 2.45) is 0 Å². The highest BCUT2D eigenvalue weighted by Crippen LogP contribution is 2.33. The first-order chi connectivity index (χ1) is 12.8. The van der Waals surface area contributed by atoms with Gasteiger partial charge in [0.05, 0.1) is 15.7 Å². The second kappa shape index (κ2) is 7.46. The molecule has 1 aromatic carbocycles. The molecule has 0 aliphatic rings. The number of carboxylic acids is 1. The molecule has 0 aliphatic carbocycles. The predicted molar refractivity (Wildman–Crippen MR) is 100 cm³/mol. The molecule has 0 atom stereocenters. The van der Waals surface area contributed by atoms with Gasteiger partial charge in [-0.1, -0.05) is 29.3 Å². The van der Waals surface area contributed by atoms with Crippen molar-refractivity contribution >= 4 is 29.2 Å². The number of benzene rings is 1. The summed E-state index contributed by atoms with van der Waals surface area (Å²) in [7, 11) is 0. The van der Waals surface area contributed by atoms with Crippen molar-refractivity contribution in [1.82, 2.24) is 9.72 Å². The molecule has 0 radical (unpaired) electrons. The van der Waals surface area contributed by atoms with Gasteiger partial charge in [0.1, 0.15) is 11.3 Å². The van der Waals surface area contributed by atoms with Gasteiger partial charge in [-0.05, 0) is 31.1 Å². The Morgan fingerprint density at radius 3 is 2.56 bits per heavy atom. The monoisotopic (exact) mass is 408 g/mol. The van der Waals surface area contributed by atoms with Gasteiger partial charge in [-0.3, -0.25) is 4.79 Å². The van der Waals surface area contributed by atoms with Crippen LogP contribution in [0, 0.1) is 6.92 Å². The summed E-state index contributed by atoms with van der Waals surface area (Å²) >= 11 is 12.0. The van der Waals surface area contributed by atoms with Gasteiger partial charge >= 0.3 is 5.97 Å². The molecule has 0 unspecified atom stereocenters. The van der Waals surface area contributed by atoms with E-state index in [1.807, 2.05) is 0 Å². The number of aryl methyl sites for hydroxylation is 1. The molecule has 7 nitrogen and oxygen atoms in total. The first kappa shape index (κ1) is 19.0. The molecular formula is C18H14Cl2N2O5. The number of ether oxygens (including phenoxy) is 1. The van der Waals surface area contributed by atoms with E-state index in [9.17, 15) is 14.7 Å². The molecule has 0 aliphatic heterocycles. The van der Waals surface area contributed by atoms with E-state index in [1.165, 1.54) is 12.1 Å². The molecule has 3 aromatic rings. The molecular weight excluding hydrogens is 395 g/mol. The van der Waals surface area contributed by atoms with E-state index in [4.69, 9.17) is 32.5 Å². The fraction of sp³-hybridized carbons (Fsp3) is 0.167. The molecule has 3 rings (SSSR count). The number of rotatable bonds is 5. The Hall–Kier alpha value is -2.77. The van der Waals surface area contributed by atoms with Gasteiger partial charge in [-0.2, -0.15) is 0 Å². The van der Waals surface area contributed by atoms with Crippen LogP contribution in [0.3, 0.4) is 0 Å². The maximum absolute atomic E-state index is 12.5. The number of hydrogen-bond acceptors (Lipinski definition) is 5. The third-order valence-corrected chi connectivity index (χ3v) is 4.55. The number of carboxylic acid groups (broad SMARTS) is 1. The van der Waals surface area contributed by atoms with Crippen molar-refractivity contribution in [3.8, 4) is 23.0 Å². The highest BCUT2D eigenvalue weighted by molar-refractivity contribution is 6.42. The smallest absolute Gasteiger partial charge is 0.341 e. The van der Waals surface area contributed by atoms with Crippen molar-refractivity contribution in [1.29, 1.82) is 0 Å². The van der Waals surface area contributed by atoms with Crippen LogP contribution in [0.25, 0.3) is 11.3 Å². The number of aromatic carboxylic acids is 1.